The Hall–Kier alpha value is -2.79. The minimum absolute atomic E-state index is 0.108. The fourth-order valence-corrected chi connectivity index (χ4v) is 2.35. The third-order valence-corrected chi connectivity index (χ3v) is 3.35. The largest absolute Gasteiger partial charge is 0.326 e. The number of hydrogen-bond donors (Lipinski definition) is 1. The topological polar surface area (TPSA) is 55.0 Å². The van der Waals surface area contributed by atoms with Crippen molar-refractivity contribution in [1.82, 2.24) is 9.97 Å². The van der Waals surface area contributed by atoms with E-state index in [0.29, 0.717) is 17.1 Å². The first kappa shape index (κ1) is 14.2. The van der Waals surface area contributed by atoms with E-state index in [0.717, 1.165) is 5.69 Å². The van der Waals surface area contributed by atoms with Gasteiger partial charge < -0.3 is 5.73 Å². The Morgan fingerprint density at radius 2 is 1.82 bits per heavy atom. The summed E-state index contributed by atoms with van der Waals surface area (Å²) in [6, 6.07) is 16.3. The smallest absolute Gasteiger partial charge is 0.140 e. The Kier molecular flexibility index (Phi) is 4.07. The van der Waals surface area contributed by atoms with Gasteiger partial charge in [0.05, 0.1) is 5.69 Å². The molecule has 0 unspecified atom stereocenters. The number of para-hydroxylation sites is 1. The Bertz CT molecular complexity index is 708. The molecule has 1 heterocycles. The second-order valence-electron chi connectivity index (χ2n) is 4.68. The second kappa shape index (κ2) is 6.32. The van der Waals surface area contributed by atoms with E-state index in [1.165, 1.54) is 12.4 Å². The summed E-state index contributed by atoms with van der Waals surface area (Å²) >= 11 is 0. The highest BCUT2D eigenvalue weighted by Gasteiger charge is 2.18. The lowest BCUT2D eigenvalue weighted by Gasteiger charge is -2.26. The Balaban J connectivity index is 2.21. The van der Waals surface area contributed by atoms with Gasteiger partial charge in [0.25, 0.3) is 0 Å². The first-order valence-corrected chi connectivity index (χ1v) is 6.90. The molecule has 0 bridgehead atoms. The van der Waals surface area contributed by atoms with E-state index < -0.39 is 0 Å². The molecule has 0 amide bonds. The molecule has 0 saturated heterocycles. The molecule has 0 atom stereocenters. The van der Waals surface area contributed by atoms with Crippen molar-refractivity contribution in [1.29, 1.82) is 0 Å². The van der Waals surface area contributed by atoms with Gasteiger partial charge in [-0.05, 0) is 30.3 Å². The maximum atomic E-state index is 14.1. The molecule has 0 fully saturated rings. The molecule has 2 N–H and O–H groups in total. The second-order valence-corrected chi connectivity index (χ2v) is 4.68. The molecule has 2 aromatic carbocycles. The summed E-state index contributed by atoms with van der Waals surface area (Å²) in [6.07, 6.45) is 3.12. The van der Waals surface area contributed by atoms with Crippen LogP contribution in [0.15, 0.2) is 67.1 Å². The quantitative estimate of drug-likeness (QED) is 0.799. The normalized spacial score (nSPS) is 10.5. The summed E-state index contributed by atoms with van der Waals surface area (Å²) in [5, 5.41) is 0. The van der Waals surface area contributed by atoms with Crippen LogP contribution in [0.4, 0.5) is 21.6 Å². The standard InChI is InChI=1S/C17H15FN4/c18-15-7-4-8-16(14(15)11-19)22(13-5-2-1-3-6-13)17-9-10-20-12-21-17/h1-10,12H,11,19H2. The molecule has 4 nitrogen and oxygen atoms in total. The average Bonchev–Trinajstić information content (AvgIpc) is 2.57. The van der Waals surface area contributed by atoms with Crippen LogP contribution < -0.4 is 10.6 Å². The van der Waals surface area contributed by atoms with Gasteiger partial charge in [0.1, 0.15) is 18.0 Å². The van der Waals surface area contributed by atoms with Crippen LogP contribution in [0.2, 0.25) is 0 Å². The lowest BCUT2D eigenvalue weighted by Crippen LogP contribution is -2.15. The average molecular weight is 294 g/mol. The molecular formula is C17H15FN4. The van der Waals surface area contributed by atoms with Gasteiger partial charge in [-0.25, -0.2) is 14.4 Å². The minimum Gasteiger partial charge on any atom is -0.326 e. The van der Waals surface area contributed by atoms with Gasteiger partial charge in [0.2, 0.25) is 0 Å². The van der Waals surface area contributed by atoms with Crippen LogP contribution in [0, 0.1) is 5.82 Å². The summed E-state index contributed by atoms with van der Waals surface area (Å²) in [7, 11) is 0. The van der Waals surface area contributed by atoms with Crippen LogP contribution in [0.1, 0.15) is 5.56 Å². The molecule has 3 aromatic rings. The first-order chi connectivity index (χ1) is 10.8. The zero-order valence-corrected chi connectivity index (χ0v) is 11.9. The maximum Gasteiger partial charge on any atom is 0.140 e. The molecule has 110 valence electrons. The van der Waals surface area contributed by atoms with Gasteiger partial charge in [0, 0.05) is 24.0 Å². The molecule has 0 aliphatic rings. The van der Waals surface area contributed by atoms with Gasteiger partial charge in [-0.2, -0.15) is 0 Å². The number of halogens is 1. The number of rotatable bonds is 4. The molecule has 22 heavy (non-hydrogen) atoms. The van der Waals surface area contributed by atoms with E-state index in [-0.39, 0.29) is 12.4 Å². The molecule has 0 spiro atoms. The highest BCUT2D eigenvalue weighted by Crippen LogP contribution is 2.35. The summed E-state index contributed by atoms with van der Waals surface area (Å²) in [5.74, 6) is 0.330. The molecule has 3 rings (SSSR count). The van der Waals surface area contributed by atoms with Crippen LogP contribution in [-0.2, 0) is 6.54 Å². The van der Waals surface area contributed by atoms with Crippen LogP contribution in [0.5, 0.6) is 0 Å². The van der Waals surface area contributed by atoms with Crippen LogP contribution >= 0.6 is 0 Å². The summed E-state index contributed by atoms with van der Waals surface area (Å²) in [4.78, 5) is 10.1. The Labute approximate surface area is 128 Å². The van der Waals surface area contributed by atoms with Crippen LogP contribution in [0.25, 0.3) is 0 Å². The van der Waals surface area contributed by atoms with Crippen molar-refractivity contribution in [2.45, 2.75) is 6.54 Å². The van der Waals surface area contributed by atoms with Crippen molar-refractivity contribution < 1.29 is 4.39 Å². The lowest BCUT2D eigenvalue weighted by atomic mass is 10.1. The summed E-state index contributed by atoms with van der Waals surface area (Å²) < 4.78 is 14.1. The monoisotopic (exact) mass is 294 g/mol. The molecule has 0 aliphatic carbocycles. The number of anilines is 3. The van der Waals surface area contributed by atoms with Crippen LogP contribution in [0.3, 0.4) is 0 Å². The summed E-state index contributed by atoms with van der Waals surface area (Å²) in [6.45, 7) is 0.108. The zero-order chi connectivity index (χ0) is 15.4. The van der Waals surface area contributed by atoms with Crippen molar-refractivity contribution in [2.75, 3.05) is 4.90 Å². The Morgan fingerprint density at radius 3 is 2.50 bits per heavy atom. The van der Waals surface area contributed by atoms with E-state index >= 15 is 0 Å². The molecular weight excluding hydrogens is 279 g/mol. The predicted molar refractivity (Wildman–Crippen MR) is 84.6 cm³/mol. The predicted octanol–water partition coefficient (Wildman–Crippen LogP) is 3.54. The SMILES string of the molecule is NCc1c(F)cccc1N(c1ccccc1)c1ccncn1. The third kappa shape index (κ3) is 2.66. The first-order valence-electron chi connectivity index (χ1n) is 6.90. The third-order valence-electron chi connectivity index (χ3n) is 3.35. The zero-order valence-electron chi connectivity index (χ0n) is 11.9. The highest BCUT2D eigenvalue weighted by molar-refractivity contribution is 5.76. The van der Waals surface area contributed by atoms with Gasteiger partial charge in [-0.15, -0.1) is 0 Å². The number of benzene rings is 2. The highest BCUT2D eigenvalue weighted by atomic mass is 19.1. The van der Waals surface area contributed by atoms with Gasteiger partial charge in [-0.3, -0.25) is 4.90 Å². The fraction of sp³-hybridized carbons (Fsp3) is 0.0588. The fourth-order valence-electron chi connectivity index (χ4n) is 2.35. The van der Waals surface area contributed by atoms with Gasteiger partial charge in [0.15, 0.2) is 0 Å². The molecule has 0 saturated carbocycles. The molecule has 0 radical (unpaired) electrons. The molecule has 1 aromatic heterocycles. The maximum absolute atomic E-state index is 14.1. The van der Waals surface area contributed by atoms with Crippen LogP contribution in [-0.4, -0.2) is 9.97 Å². The van der Waals surface area contributed by atoms with Crippen molar-refractivity contribution >= 4 is 17.2 Å². The number of nitrogens with two attached hydrogens (primary N) is 1. The van der Waals surface area contributed by atoms with E-state index in [1.54, 1.807) is 18.3 Å². The number of nitrogens with zero attached hydrogens (tertiary/aromatic N) is 3. The van der Waals surface area contributed by atoms with Crippen molar-refractivity contribution in [3.63, 3.8) is 0 Å². The van der Waals surface area contributed by atoms with E-state index in [4.69, 9.17) is 5.73 Å². The van der Waals surface area contributed by atoms with Crippen molar-refractivity contribution in [3.05, 3.63) is 78.5 Å². The minimum atomic E-state index is -0.324. The van der Waals surface area contributed by atoms with E-state index in [1.807, 2.05) is 41.3 Å². The van der Waals surface area contributed by atoms with E-state index in [2.05, 4.69) is 9.97 Å². The Morgan fingerprint density at radius 1 is 1.00 bits per heavy atom. The number of hydrogen-bond acceptors (Lipinski definition) is 4. The number of aromatic nitrogens is 2. The van der Waals surface area contributed by atoms with Crippen molar-refractivity contribution in [3.8, 4) is 0 Å². The lowest BCUT2D eigenvalue weighted by molar-refractivity contribution is 0.611. The molecule has 0 aliphatic heterocycles. The van der Waals surface area contributed by atoms with Gasteiger partial charge >= 0.3 is 0 Å². The molecule has 5 heteroatoms. The van der Waals surface area contributed by atoms with E-state index in [9.17, 15) is 4.39 Å². The van der Waals surface area contributed by atoms with Crippen molar-refractivity contribution in [2.24, 2.45) is 5.73 Å². The summed E-state index contributed by atoms with van der Waals surface area (Å²) in [5.41, 5.74) is 7.74. The van der Waals surface area contributed by atoms with Gasteiger partial charge in [-0.1, -0.05) is 24.3 Å².